The number of urea groups is 1. The second-order valence-electron chi connectivity index (χ2n) is 7.85. The zero-order valence-corrected chi connectivity index (χ0v) is 17.8. The number of rotatable bonds is 5. The Morgan fingerprint density at radius 3 is 2.74 bits per heavy atom. The van der Waals surface area contributed by atoms with Crippen LogP contribution in [0.3, 0.4) is 0 Å². The van der Waals surface area contributed by atoms with Gasteiger partial charge in [0.25, 0.3) is 0 Å². The Morgan fingerprint density at radius 1 is 1.26 bits per heavy atom. The molecule has 4 aliphatic rings. The van der Waals surface area contributed by atoms with E-state index in [0.29, 0.717) is 36.4 Å². The van der Waals surface area contributed by atoms with Crippen molar-refractivity contribution in [1.82, 2.24) is 15.1 Å². The largest absolute Gasteiger partial charge is 0.433 e. The lowest BCUT2D eigenvalue weighted by Crippen LogP contribution is -2.47. The first-order chi connectivity index (χ1) is 14.9. The maximum absolute atomic E-state index is 13.0. The van der Waals surface area contributed by atoms with Crippen molar-refractivity contribution in [3.8, 4) is 5.75 Å². The zero-order chi connectivity index (χ0) is 22.0. The molecule has 0 aliphatic carbocycles. The Morgan fingerprint density at radius 2 is 2.03 bits per heavy atom. The third-order valence-electron chi connectivity index (χ3n) is 6.02. The fraction of sp³-hybridized carbons (Fsp3) is 0.524. The standard InChI is InChI=1S/C21H25ClF2N4O3/c22-16-11-13(1-2-18(16)31-20(23)24)19(25)15-5-10-30-12-17(15)26-21(29)28-9-8-27-6-3-14(28)4-7-27/h1-2,11,14,20,25H,3-10,12H2,(H,26,29). The average Bonchev–Trinajstić information content (AvgIpc) is 3.09. The maximum atomic E-state index is 13.0. The Bertz CT molecular complexity index is 887. The predicted molar refractivity (Wildman–Crippen MR) is 112 cm³/mol. The summed E-state index contributed by atoms with van der Waals surface area (Å²) >= 11 is 6.05. The minimum atomic E-state index is -2.98. The second-order valence-corrected chi connectivity index (χ2v) is 8.26. The average molecular weight is 455 g/mol. The molecule has 7 nitrogen and oxygen atoms in total. The van der Waals surface area contributed by atoms with Crippen LogP contribution in [0, 0.1) is 5.41 Å². The molecule has 5 rings (SSSR count). The van der Waals surface area contributed by atoms with Gasteiger partial charge in [-0.25, -0.2) is 4.79 Å². The molecule has 4 heterocycles. The van der Waals surface area contributed by atoms with Gasteiger partial charge in [-0.2, -0.15) is 8.78 Å². The van der Waals surface area contributed by atoms with Crippen LogP contribution in [0.4, 0.5) is 13.6 Å². The summed E-state index contributed by atoms with van der Waals surface area (Å²) in [4.78, 5) is 17.3. The molecular weight excluding hydrogens is 430 g/mol. The van der Waals surface area contributed by atoms with Crippen LogP contribution in [0.5, 0.6) is 5.75 Å². The summed E-state index contributed by atoms with van der Waals surface area (Å²) in [7, 11) is 0. The summed E-state index contributed by atoms with van der Waals surface area (Å²) < 4.78 is 34.8. The third kappa shape index (κ3) is 4.99. The normalized spacial score (nSPS) is 23.7. The number of amides is 2. The Balaban J connectivity index is 1.52. The molecule has 31 heavy (non-hydrogen) atoms. The third-order valence-corrected chi connectivity index (χ3v) is 6.31. The highest BCUT2D eigenvalue weighted by Gasteiger charge is 2.32. The lowest BCUT2D eigenvalue weighted by molar-refractivity contribution is -0.0497. The van der Waals surface area contributed by atoms with Crippen molar-refractivity contribution in [2.75, 3.05) is 39.4 Å². The van der Waals surface area contributed by atoms with E-state index in [1.807, 2.05) is 4.90 Å². The van der Waals surface area contributed by atoms with Gasteiger partial charge in [0.1, 0.15) is 5.75 Å². The van der Waals surface area contributed by atoms with E-state index >= 15 is 0 Å². The maximum Gasteiger partial charge on any atom is 0.387 e. The number of ether oxygens (including phenoxy) is 2. The summed E-state index contributed by atoms with van der Waals surface area (Å²) in [5.74, 6) is -0.144. The summed E-state index contributed by atoms with van der Waals surface area (Å²) in [5, 5.41) is 11.6. The number of hydrogen-bond donors (Lipinski definition) is 2. The molecule has 2 amide bonds. The molecule has 3 fully saturated rings. The molecule has 0 unspecified atom stereocenters. The van der Waals surface area contributed by atoms with E-state index in [2.05, 4.69) is 15.0 Å². The number of carbonyl (C=O) groups excluding carboxylic acids is 1. The molecule has 0 saturated carbocycles. The van der Waals surface area contributed by atoms with Gasteiger partial charge in [-0.05, 0) is 37.5 Å². The minimum Gasteiger partial charge on any atom is -0.433 e. The van der Waals surface area contributed by atoms with Gasteiger partial charge < -0.3 is 24.6 Å². The number of piperidine rings is 1. The van der Waals surface area contributed by atoms with Crippen molar-refractivity contribution < 1.29 is 23.0 Å². The van der Waals surface area contributed by atoms with Crippen LogP contribution in [0.2, 0.25) is 5.02 Å². The summed E-state index contributed by atoms with van der Waals surface area (Å²) in [6.07, 6.45) is 2.40. The second kappa shape index (κ2) is 9.50. The number of carbonyl (C=O) groups is 1. The van der Waals surface area contributed by atoms with Crippen molar-refractivity contribution in [2.24, 2.45) is 0 Å². The first kappa shape index (κ1) is 22.0. The number of halogens is 3. The Kier molecular flexibility index (Phi) is 6.74. The zero-order valence-electron chi connectivity index (χ0n) is 17.0. The van der Waals surface area contributed by atoms with Crippen LogP contribution in [-0.4, -0.2) is 73.6 Å². The highest BCUT2D eigenvalue weighted by Crippen LogP contribution is 2.29. The topological polar surface area (TPSA) is 77.9 Å². The molecule has 0 spiro atoms. The van der Waals surface area contributed by atoms with E-state index in [0.717, 1.165) is 32.5 Å². The molecule has 1 aromatic carbocycles. The smallest absolute Gasteiger partial charge is 0.387 e. The predicted octanol–water partition coefficient (Wildman–Crippen LogP) is 3.47. The van der Waals surface area contributed by atoms with Crippen LogP contribution in [0.25, 0.3) is 0 Å². The lowest BCUT2D eigenvalue weighted by Gasteiger charge is -2.32. The van der Waals surface area contributed by atoms with Gasteiger partial charge in [0, 0.05) is 43.4 Å². The number of nitrogens with zero attached hydrogens (tertiary/aromatic N) is 2. The fourth-order valence-electron chi connectivity index (χ4n) is 4.35. The number of alkyl halides is 2. The van der Waals surface area contributed by atoms with Gasteiger partial charge in [0.15, 0.2) is 0 Å². The van der Waals surface area contributed by atoms with E-state index in [-0.39, 0.29) is 35.2 Å². The van der Waals surface area contributed by atoms with Gasteiger partial charge in [0.2, 0.25) is 0 Å². The summed E-state index contributed by atoms with van der Waals surface area (Å²) in [5.41, 5.74) is 1.84. The Labute approximate surface area is 184 Å². The summed E-state index contributed by atoms with van der Waals surface area (Å²) in [6, 6.07) is 4.31. The molecular formula is C21H25ClF2N4O3. The van der Waals surface area contributed by atoms with Crippen LogP contribution >= 0.6 is 11.6 Å². The van der Waals surface area contributed by atoms with Crippen molar-refractivity contribution in [1.29, 1.82) is 5.41 Å². The van der Waals surface area contributed by atoms with Crippen molar-refractivity contribution in [3.05, 3.63) is 40.1 Å². The first-order valence-corrected chi connectivity index (χ1v) is 10.7. The molecule has 1 aromatic rings. The minimum absolute atomic E-state index is 0.00357. The quantitative estimate of drug-likeness (QED) is 0.668. The van der Waals surface area contributed by atoms with E-state index in [1.54, 1.807) is 0 Å². The van der Waals surface area contributed by atoms with Gasteiger partial charge >= 0.3 is 12.6 Å². The highest BCUT2D eigenvalue weighted by molar-refractivity contribution is 6.32. The molecule has 4 aliphatic heterocycles. The monoisotopic (exact) mass is 454 g/mol. The van der Waals surface area contributed by atoms with Crippen molar-refractivity contribution in [2.45, 2.75) is 31.9 Å². The molecule has 168 valence electrons. The van der Waals surface area contributed by atoms with Gasteiger partial charge in [-0.3, -0.25) is 5.41 Å². The van der Waals surface area contributed by atoms with Gasteiger partial charge in [-0.1, -0.05) is 11.6 Å². The Hall–Kier alpha value is -2.23. The molecule has 10 heteroatoms. The fourth-order valence-corrected chi connectivity index (χ4v) is 4.58. The molecule has 2 bridgehead atoms. The SMILES string of the molecule is N=C(C1=C(NC(=O)N2CCN3CCC2CC3)COCC1)c1ccc(OC(F)F)c(Cl)c1. The number of nitrogens with one attached hydrogen (secondary N) is 2. The molecule has 3 saturated heterocycles. The van der Waals surface area contributed by atoms with E-state index in [1.165, 1.54) is 18.2 Å². The van der Waals surface area contributed by atoms with Crippen LogP contribution in [-0.2, 0) is 4.74 Å². The molecule has 2 N–H and O–H groups in total. The van der Waals surface area contributed by atoms with E-state index in [9.17, 15) is 13.6 Å². The number of hydrogen-bond acceptors (Lipinski definition) is 5. The highest BCUT2D eigenvalue weighted by atomic mass is 35.5. The van der Waals surface area contributed by atoms with Gasteiger partial charge in [-0.15, -0.1) is 0 Å². The lowest BCUT2D eigenvalue weighted by atomic mass is 9.97. The van der Waals surface area contributed by atoms with E-state index < -0.39 is 6.61 Å². The molecule has 0 atom stereocenters. The van der Waals surface area contributed by atoms with Crippen LogP contribution < -0.4 is 10.1 Å². The molecule has 0 radical (unpaired) electrons. The summed E-state index contributed by atoms with van der Waals surface area (Å²) in [6.45, 7) is 1.23. The van der Waals surface area contributed by atoms with Crippen molar-refractivity contribution >= 4 is 23.3 Å². The van der Waals surface area contributed by atoms with E-state index in [4.69, 9.17) is 21.7 Å². The van der Waals surface area contributed by atoms with Gasteiger partial charge in [0.05, 0.1) is 29.6 Å². The number of fused-ring (bicyclic) bond motifs is 4. The number of benzene rings is 1. The van der Waals surface area contributed by atoms with Crippen LogP contribution in [0.15, 0.2) is 29.5 Å². The van der Waals surface area contributed by atoms with Crippen LogP contribution in [0.1, 0.15) is 24.8 Å². The first-order valence-electron chi connectivity index (χ1n) is 10.4. The molecule has 0 aromatic heterocycles. The van der Waals surface area contributed by atoms with Crippen molar-refractivity contribution in [3.63, 3.8) is 0 Å².